The topological polar surface area (TPSA) is 87.7 Å². The van der Waals surface area contributed by atoms with Crippen LogP contribution in [0.5, 0.6) is 0 Å². The third kappa shape index (κ3) is 13.1. The molecule has 0 radical (unpaired) electrons. The number of carbonyl (C=O) groups excluding carboxylic acids is 3. The van der Waals surface area contributed by atoms with Gasteiger partial charge in [0.1, 0.15) is 17.7 Å². The van der Waals surface area contributed by atoms with E-state index in [1.54, 1.807) is 49.6 Å². The second-order valence-electron chi connectivity index (χ2n) is 11.3. The highest BCUT2D eigenvalue weighted by molar-refractivity contribution is 7.98. The van der Waals surface area contributed by atoms with Crippen molar-refractivity contribution in [3.8, 4) is 12.3 Å². The van der Waals surface area contributed by atoms with Crippen molar-refractivity contribution < 1.29 is 19.1 Å². The Kier molecular flexibility index (Phi) is 16.5. The molecule has 0 aliphatic carbocycles. The number of nitrogens with one attached hydrogen (secondary N) is 2. The maximum absolute atomic E-state index is 14.3. The number of ether oxygens (including phenoxy) is 1. The molecule has 0 heterocycles. The van der Waals surface area contributed by atoms with Crippen LogP contribution in [0.25, 0.3) is 0 Å². The molecule has 1 rings (SSSR count). The van der Waals surface area contributed by atoms with E-state index in [9.17, 15) is 14.4 Å². The van der Waals surface area contributed by atoms with Crippen molar-refractivity contribution in [1.29, 1.82) is 0 Å². The Hall–Kier alpha value is -2.66. The van der Waals surface area contributed by atoms with Gasteiger partial charge in [-0.15, -0.1) is 6.42 Å². The summed E-state index contributed by atoms with van der Waals surface area (Å²) >= 11 is 1.59. The molecule has 0 saturated carbocycles. The lowest BCUT2D eigenvalue weighted by Gasteiger charge is -2.35. The minimum atomic E-state index is -0.859. The number of carbonyl (C=O) groups is 3. The largest absolute Gasteiger partial charge is 0.444 e. The van der Waals surface area contributed by atoms with Crippen LogP contribution in [-0.2, 0) is 14.3 Å². The van der Waals surface area contributed by atoms with Gasteiger partial charge in [-0.25, -0.2) is 4.79 Å². The Balaban J connectivity index is 3.49. The van der Waals surface area contributed by atoms with E-state index in [-0.39, 0.29) is 17.9 Å². The molecule has 2 N–H and O–H groups in total. The second-order valence-corrected chi connectivity index (χ2v) is 12.3. The summed E-state index contributed by atoms with van der Waals surface area (Å²) in [4.78, 5) is 42.5. The van der Waals surface area contributed by atoms with Gasteiger partial charge in [-0.2, -0.15) is 11.8 Å². The molecule has 0 spiro atoms. The first-order valence-corrected chi connectivity index (χ1v) is 16.0. The summed E-state index contributed by atoms with van der Waals surface area (Å²) in [6, 6.07) is 5.49. The maximum Gasteiger partial charge on any atom is 0.408 e. The Bertz CT molecular complexity index is 952. The van der Waals surface area contributed by atoms with Crippen molar-refractivity contribution >= 4 is 29.7 Å². The van der Waals surface area contributed by atoms with Crippen LogP contribution in [0.3, 0.4) is 0 Å². The predicted octanol–water partition coefficient (Wildman–Crippen LogP) is 6.46. The van der Waals surface area contributed by atoms with E-state index in [2.05, 4.69) is 30.4 Å². The summed E-state index contributed by atoms with van der Waals surface area (Å²) in [7, 11) is 0. The average molecular weight is 574 g/mol. The van der Waals surface area contributed by atoms with Crippen LogP contribution < -0.4 is 10.6 Å². The van der Waals surface area contributed by atoms with E-state index in [0.29, 0.717) is 29.8 Å². The third-order valence-corrected chi connectivity index (χ3v) is 7.09. The van der Waals surface area contributed by atoms with E-state index < -0.39 is 23.8 Å². The Morgan fingerprint density at radius 3 is 2.20 bits per heavy atom. The smallest absolute Gasteiger partial charge is 0.408 e. The first-order valence-electron chi connectivity index (χ1n) is 14.6. The van der Waals surface area contributed by atoms with Crippen LogP contribution >= 0.6 is 11.8 Å². The maximum atomic E-state index is 14.3. The summed E-state index contributed by atoms with van der Waals surface area (Å²) in [5, 5.41) is 5.92. The number of hydrogen-bond acceptors (Lipinski definition) is 5. The van der Waals surface area contributed by atoms with Crippen LogP contribution in [0.4, 0.5) is 4.79 Å². The van der Waals surface area contributed by atoms with Gasteiger partial charge in [0, 0.05) is 18.2 Å². The Morgan fingerprint density at radius 1 is 1.00 bits per heavy atom. The van der Waals surface area contributed by atoms with Crippen molar-refractivity contribution in [3.63, 3.8) is 0 Å². The summed E-state index contributed by atoms with van der Waals surface area (Å²) in [5.41, 5.74) is 0.680. The van der Waals surface area contributed by atoms with Crippen LogP contribution in [0, 0.1) is 12.3 Å². The van der Waals surface area contributed by atoms with E-state index in [4.69, 9.17) is 11.2 Å². The van der Waals surface area contributed by atoms with Gasteiger partial charge in [0.15, 0.2) is 0 Å². The highest BCUT2D eigenvalue weighted by atomic mass is 32.2. The third-order valence-electron chi connectivity index (χ3n) is 6.45. The lowest BCUT2D eigenvalue weighted by molar-refractivity contribution is -0.143. The molecule has 8 heteroatoms. The lowest BCUT2D eigenvalue weighted by Crippen LogP contribution is -2.54. The van der Waals surface area contributed by atoms with Crippen molar-refractivity contribution in [2.24, 2.45) is 0 Å². The average Bonchev–Trinajstić information content (AvgIpc) is 2.89. The molecule has 0 fully saturated rings. The zero-order valence-electron chi connectivity index (χ0n) is 25.7. The van der Waals surface area contributed by atoms with E-state index in [1.807, 2.05) is 25.3 Å². The second kappa shape index (κ2) is 18.6. The number of amides is 3. The molecule has 0 saturated heterocycles. The van der Waals surface area contributed by atoms with Crippen LogP contribution in [0.1, 0.15) is 110 Å². The summed E-state index contributed by atoms with van der Waals surface area (Å²) in [6.45, 7) is 12.0. The standard InChI is InChI=1S/C32H51N3O4S/c1-9-12-13-14-15-22-35(30(37)27(21-23-40-8)34-31(38)39-32(5,6)7)28(29(36)33-24(4)16-10-2)26-19-17-25(11-3)18-20-26/h3,17-20,24,27-28H,9-10,12-16,21-23H2,1-2,4-8H3,(H,33,36)(H,34,38). The van der Waals surface area contributed by atoms with Gasteiger partial charge < -0.3 is 20.3 Å². The molecule has 224 valence electrons. The SMILES string of the molecule is C#Cc1ccc(C(C(=O)NC(C)CCC)N(CCCCCCC)C(=O)C(CCSC)NC(=O)OC(C)(C)C)cc1. The summed E-state index contributed by atoms with van der Waals surface area (Å²) < 4.78 is 5.48. The van der Waals surface area contributed by atoms with Crippen molar-refractivity contribution in [1.82, 2.24) is 15.5 Å². The molecule has 1 aromatic carbocycles. The van der Waals surface area contributed by atoms with Gasteiger partial charge in [-0.3, -0.25) is 9.59 Å². The minimum absolute atomic E-state index is 0.0429. The van der Waals surface area contributed by atoms with Crippen LogP contribution in [0.15, 0.2) is 24.3 Å². The fourth-order valence-electron chi connectivity index (χ4n) is 4.46. The molecule has 40 heavy (non-hydrogen) atoms. The van der Waals surface area contributed by atoms with E-state index in [0.717, 1.165) is 44.9 Å². The number of hydrogen-bond donors (Lipinski definition) is 2. The fourth-order valence-corrected chi connectivity index (χ4v) is 4.93. The highest BCUT2D eigenvalue weighted by Gasteiger charge is 2.36. The quantitative estimate of drug-likeness (QED) is 0.165. The predicted molar refractivity (Wildman–Crippen MR) is 166 cm³/mol. The monoisotopic (exact) mass is 573 g/mol. The molecule has 0 aromatic heterocycles. The Morgan fingerprint density at radius 2 is 1.65 bits per heavy atom. The molecule has 1 aromatic rings. The van der Waals surface area contributed by atoms with Gasteiger partial charge in [-0.1, -0.05) is 64.0 Å². The normalized spacial score (nSPS) is 13.4. The lowest BCUT2D eigenvalue weighted by atomic mass is 9.99. The summed E-state index contributed by atoms with van der Waals surface area (Å²) in [5.74, 6) is 2.75. The number of unbranched alkanes of at least 4 members (excludes halogenated alkanes) is 4. The van der Waals surface area contributed by atoms with Crippen molar-refractivity contribution in [2.45, 2.75) is 117 Å². The number of nitrogens with zero attached hydrogens (tertiary/aromatic N) is 1. The zero-order chi connectivity index (χ0) is 30.1. The van der Waals surface area contributed by atoms with Crippen LogP contribution in [0.2, 0.25) is 0 Å². The number of terminal acetylenes is 1. The molecule has 0 bridgehead atoms. The van der Waals surface area contributed by atoms with Gasteiger partial charge >= 0.3 is 6.09 Å². The molecule has 3 atom stereocenters. The number of thioether (sulfide) groups is 1. The number of alkyl carbamates (subject to hydrolysis) is 1. The van der Waals surface area contributed by atoms with E-state index in [1.165, 1.54) is 0 Å². The molecule has 3 unspecified atom stereocenters. The van der Waals surface area contributed by atoms with Gasteiger partial charge in [0.25, 0.3) is 0 Å². The van der Waals surface area contributed by atoms with Crippen molar-refractivity contribution in [3.05, 3.63) is 35.4 Å². The first-order chi connectivity index (χ1) is 19.0. The molecule has 0 aliphatic heterocycles. The molecule has 0 aliphatic rings. The van der Waals surface area contributed by atoms with Gasteiger partial charge in [0.2, 0.25) is 11.8 Å². The number of rotatable bonds is 17. The number of benzene rings is 1. The fraction of sp³-hybridized carbons (Fsp3) is 0.656. The van der Waals surface area contributed by atoms with Gasteiger partial charge in [-0.05, 0) is 76.7 Å². The Labute approximate surface area is 246 Å². The zero-order valence-corrected chi connectivity index (χ0v) is 26.5. The van der Waals surface area contributed by atoms with Crippen molar-refractivity contribution in [2.75, 3.05) is 18.6 Å². The molecular formula is C32H51N3O4S. The molecule has 3 amide bonds. The molecular weight excluding hydrogens is 522 g/mol. The molecule has 7 nitrogen and oxygen atoms in total. The summed E-state index contributed by atoms with van der Waals surface area (Å²) in [6.07, 6.45) is 14.1. The van der Waals surface area contributed by atoms with Crippen LogP contribution in [-0.4, -0.2) is 59.0 Å². The minimum Gasteiger partial charge on any atom is -0.444 e. The first kappa shape index (κ1) is 35.4. The highest BCUT2D eigenvalue weighted by Crippen LogP contribution is 2.25. The van der Waals surface area contributed by atoms with E-state index >= 15 is 0 Å². The van der Waals surface area contributed by atoms with Gasteiger partial charge in [0.05, 0.1) is 0 Å².